The summed E-state index contributed by atoms with van der Waals surface area (Å²) in [5.74, 6) is 2.27. The number of hydrogen-bond acceptors (Lipinski definition) is 3. The lowest BCUT2D eigenvalue weighted by Gasteiger charge is -2.60. The zero-order chi connectivity index (χ0) is 14.0. The highest BCUT2D eigenvalue weighted by atomic mass is 17.3. The van der Waals surface area contributed by atoms with Crippen LogP contribution in [0.15, 0.2) is 0 Å². The predicted molar refractivity (Wildman–Crippen MR) is 75.8 cm³/mol. The van der Waals surface area contributed by atoms with Gasteiger partial charge >= 0.3 is 0 Å². The molecule has 3 heteroatoms. The highest BCUT2D eigenvalue weighted by molar-refractivity contribution is 5.11. The molecular formula is C17H28O3. The van der Waals surface area contributed by atoms with Gasteiger partial charge in [-0.05, 0) is 62.7 Å². The first-order valence-electron chi connectivity index (χ1n) is 8.63. The largest absolute Gasteiger partial charge is 0.341 e. The highest BCUT2D eigenvalue weighted by Gasteiger charge is 2.66. The lowest BCUT2D eigenvalue weighted by Crippen LogP contribution is -2.67. The molecule has 5 aliphatic rings. The third-order valence-corrected chi connectivity index (χ3v) is 6.84. The summed E-state index contributed by atoms with van der Waals surface area (Å²) in [4.78, 5) is 12.0. The fraction of sp³-hybridized carbons (Fsp3) is 1.00. The highest BCUT2D eigenvalue weighted by Crippen LogP contribution is 2.61. The van der Waals surface area contributed by atoms with Crippen LogP contribution in [-0.2, 0) is 14.5 Å². The van der Waals surface area contributed by atoms with E-state index in [4.69, 9.17) is 14.5 Å². The van der Waals surface area contributed by atoms with Crippen molar-refractivity contribution >= 4 is 0 Å². The van der Waals surface area contributed by atoms with Gasteiger partial charge in [0.2, 0.25) is 0 Å². The van der Waals surface area contributed by atoms with Crippen molar-refractivity contribution in [3.8, 4) is 0 Å². The summed E-state index contributed by atoms with van der Waals surface area (Å²) in [7, 11) is 0. The molecule has 3 heterocycles. The van der Waals surface area contributed by atoms with Gasteiger partial charge in [0.05, 0.1) is 6.10 Å². The Morgan fingerprint density at radius 1 is 1.00 bits per heavy atom. The minimum absolute atomic E-state index is 0.146. The minimum atomic E-state index is -0.503. The first-order valence-corrected chi connectivity index (χ1v) is 8.63. The third kappa shape index (κ3) is 1.63. The van der Waals surface area contributed by atoms with Gasteiger partial charge in [-0.2, -0.15) is 0 Å². The van der Waals surface area contributed by atoms with Gasteiger partial charge in [-0.1, -0.05) is 20.3 Å². The molecule has 0 aromatic rings. The molecule has 5 unspecified atom stereocenters. The van der Waals surface area contributed by atoms with Crippen LogP contribution in [-0.4, -0.2) is 17.5 Å². The maximum atomic E-state index is 6.42. The van der Waals surface area contributed by atoms with Crippen LogP contribution in [0, 0.1) is 23.7 Å². The lowest BCUT2D eigenvalue weighted by molar-refractivity contribution is -0.538. The van der Waals surface area contributed by atoms with Crippen molar-refractivity contribution in [2.75, 3.05) is 0 Å². The van der Waals surface area contributed by atoms with E-state index in [1.807, 2.05) is 0 Å². The molecule has 0 aromatic carbocycles. The van der Waals surface area contributed by atoms with E-state index in [0.29, 0.717) is 11.8 Å². The van der Waals surface area contributed by atoms with E-state index in [1.165, 1.54) is 32.1 Å². The van der Waals surface area contributed by atoms with Crippen LogP contribution in [0.1, 0.15) is 65.7 Å². The number of ether oxygens (including phenoxy) is 1. The van der Waals surface area contributed by atoms with Crippen LogP contribution in [0.4, 0.5) is 0 Å². The standard InChI is InChI=1S/C17H28O3/c1-4-12-6-8-15-17-13(11(2)5-7-14(12)17)9-10-16(3,18-15)19-20-17/h11-15H,4-10H2,1-3H3/t11?,12?,13?,14?,15?,16-,17-/m1/s1. The second kappa shape index (κ2) is 4.44. The van der Waals surface area contributed by atoms with Gasteiger partial charge in [0.25, 0.3) is 0 Å². The Morgan fingerprint density at radius 3 is 2.65 bits per heavy atom. The van der Waals surface area contributed by atoms with Crippen LogP contribution in [0.25, 0.3) is 0 Å². The molecule has 7 atom stereocenters. The Labute approximate surface area is 122 Å². The monoisotopic (exact) mass is 280 g/mol. The molecular weight excluding hydrogens is 252 g/mol. The third-order valence-electron chi connectivity index (χ3n) is 6.84. The van der Waals surface area contributed by atoms with E-state index in [1.54, 1.807) is 0 Å². The number of hydrogen-bond donors (Lipinski definition) is 0. The summed E-state index contributed by atoms with van der Waals surface area (Å²) in [6.07, 6.45) is 8.78. The average molecular weight is 280 g/mol. The van der Waals surface area contributed by atoms with Crippen molar-refractivity contribution in [3.05, 3.63) is 0 Å². The lowest BCUT2D eigenvalue weighted by atomic mass is 9.53. The normalized spacial score (nSPS) is 58.0. The van der Waals surface area contributed by atoms with E-state index in [0.717, 1.165) is 24.7 Å². The first kappa shape index (κ1) is 13.5. The fourth-order valence-corrected chi connectivity index (χ4v) is 5.79. The summed E-state index contributed by atoms with van der Waals surface area (Å²) >= 11 is 0. The Bertz CT molecular complexity index is 394. The van der Waals surface area contributed by atoms with Gasteiger partial charge < -0.3 is 4.74 Å². The van der Waals surface area contributed by atoms with Gasteiger partial charge in [-0.3, -0.25) is 0 Å². The Balaban J connectivity index is 1.79. The summed E-state index contributed by atoms with van der Waals surface area (Å²) < 4.78 is 6.42. The Hall–Kier alpha value is -0.120. The van der Waals surface area contributed by atoms with E-state index in [9.17, 15) is 0 Å². The predicted octanol–water partition coefficient (Wildman–Crippen LogP) is 4.06. The minimum Gasteiger partial charge on any atom is -0.341 e. The maximum Gasteiger partial charge on any atom is 0.199 e. The van der Waals surface area contributed by atoms with Crippen molar-refractivity contribution < 1.29 is 14.5 Å². The summed E-state index contributed by atoms with van der Waals surface area (Å²) in [5.41, 5.74) is -0.146. The average Bonchev–Trinajstić information content (AvgIpc) is 2.67. The van der Waals surface area contributed by atoms with Crippen molar-refractivity contribution in [1.82, 2.24) is 0 Å². The van der Waals surface area contributed by atoms with Gasteiger partial charge in [-0.15, -0.1) is 0 Å². The Morgan fingerprint density at radius 2 is 1.85 bits per heavy atom. The fourth-order valence-electron chi connectivity index (χ4n) is 5.79. The molecule has 2 bridgehead atoms. The van der Waals surface area contributed by atoms with E-state index >= 15 is 0 Å². The number of rotatable bonds is 1. The molecule has 3 saturated heterocycles. The first-order chi connectivity index (χ1) is 9.59. The van der Waals surface area contributed by atoms with Crippen molar-refractivity contribution in [2.24, 2.45) is 23.7 Å². The van der Waals surface area contributed by atoms with Crippen LogP contribution in [0.5, 0.6) is 0 Å². The van der Waals surface area contributed by atoms with Gasteiger partial charge in [0.15, 0.2) is 5.79 Å². The zero-order valence-corrected chi connectivity index (χ0v) is 13.1. The van der Waals surface area contributed by atoms with Gasteiger partial charge in [0.1, 0.15) is 5.60 Å². The summed E-state index contributed by atoms with van der Waals surface area (Å²) in [6.45, 7) is 6.80. The zero-order valence-electron chi connectivity index (χ0n) is 13.1. The maximum absolute atomic E-state index is 6.42. The molecule has 5 fully saturated rings. The second-order valence-electron chi connectivity index (χ2n) is 7.81. The molecule has 0 N–H and O–H groups in total. The van der Waals surface area contributed by atoms with E-state index < -0.39 is 5.79 Å². The topological polar surface area (TPSA) is 27.7 Å². The molecule has 114 valence electrons. The molecule has 0 aromatic heterocycles. The van der Waals surface area contributed by atoms with Gasteiger partial charge in [0, 0.05) is 6.42 Å². The molecule has 2 aliphatic carbocycles. The summed E-state index contributed by atoms with van der Waals surface area (Å²) in [5, 5.41) is 0. The molecule has 5 rings (SSSR count). The molecule has 2 saturated carbocycles. The molecule has 20 heavy (non-hydrogen) atoms. The second-order valence-corrected chi connectivity index (χ2v) is 7.81. The van der Waals surface area contributed by atoms with E-state index in [-0.39, 0.29) is 11.7 Å². The molecule has 3 nitrogen and oxygen atoms in total. The van der Waals surface area contributed by atoms with Crippen LogP contribution >= 0.6 is 0 Å². The molecule has 1 spiro atoms. The van der Waals surface area contributed by atoms with Crippen LogP contribution in [0.2, 0.25) is 0 Å². The smallest absolute Gasteiger partial charge is 0.199 e. The van der Waals surface area contributed by atoms with Crippen molar-refractivity contribution in [1.29, 1.82) is 0 Å². The number of fused-ring (bicyclic) bond motifs is 2. The quantitative estimate of drug-likeness (QED) is 0.678. The molecule has 3 aliphatic heterocycles. The van der Waals surface area contributed by atoms with Crippen LogP contribution < -0.4 is 0 Å². The van der Waals surface area contributed by atoms with E-state index in [2.05, 4.69) is 20.8 Å². The summed E-state index contributed by atoms with van der Waals surface area (Å²) in [6, 6.07) is 0. The molecule has 0 radical (unpaired) electrons. The van der Waals surface area contributed by atoms with Crippen LogP contribution in [0.3, 0.4) is 0 Å². The van der Waals surface area contributed by atoms with Gasteiger partial charge in [-0.25, -0.2) is 9.78 Å². The van der Waals surface area contributed by atoms with Crippen molar-refractivity contribution in [2.45, 2.75) is 83.2 Å². The van der Waals surface area contributed by atoms with Crippen molar-refractivity contribution in [3.63, 3.8) is 0 Å². The molecule has 0 amide bonds. The SMILES string of the molecule is CCC1CCC2O[C@@]3(C)CCC4C(C)CCC1[C@@]24OO3. The Kier molecular flexibility index (Phi) is 3.00.